The van der Waals surface area contributed by atoms with Crippen molar-refractivity contribution in [2.75, 3.05) is 5.73 Å². The van der Waals surface area contributed by atoms with Gasteiger partial charge in [-0.05, 0) is 12.1 Å². The summed E-state index contributed by atoms with van der Waals surface area (Å²) < 4.78 is 41.1. The van der Waals surface area contributed by atoms with Crippen molar-refractivity contribution < 1.29 is 13.2 Å². The van der Waals surface area contributed by atoms with Crippen LogP contribution in [-0.2, 0) is 0 Å². The Morgan fingerprint density at radius 2 is 1.79 bits per heavy atom. The number of benzene rings is 1. The molecule has 0 fully saturated rings. The van der Waals surface area contributed by atoms with E-state index in [1.807, 2.05) is 0 Å². The fourth-order valence-corrected chi connectivity index (χ4v) is 1.85. The van der Waals surface area contributed by atoms with Crippen molar-refractivity contribution in [1.82, 2.24) is 14.5 Å². The van der Waals surface area contributed by atoms with Crippen molar-refractivity contribution in [3.63, 3.8) is 0 Å². The van der Waals surface area contributed by atoms with E-state index in [1.54, 1.807) is 12.1 Å². The topological polar surface area (TPSA) is 56.7 Å². The zero-order valence-corrected chi connectivity index (χ0v) is 9.44. The Hall–Kier alpha value is -2.57. The van der Waals surface area contributed by atoms with Crippen LogP contribution in [-0.4, -0.2) is 14.5 Å². The lowest BCUT2D eigenvalue weighted by molar-refractivity contribution is 0.493. The fourth-order valence-electron chi connectivity index (χ4n) is 1.85. The summed E-state index contributed by atoms with van der Waals surface area (Å²) >= 11 is 0. The van der Waals surface area contributed by atoms with Gasteiger partial charge in [-0.3, -0.25) is 4.57 Å². The van der Waals surface area contributed by atoms with E-state index in [1.165, 1.54) is 6.20 Å². The predicted octanol–water partition coefficient (Wildman–Crippen LogP) is 2.42. The Balaban J connectivity index is 2.36. The monoisotopic (exact) mass is 264 g/mol. The third-order valence-electron chi connectivity index (χ3n) is 2.67. The molecule has 0 saturated carbocycles. The zero-order chi connectivity index (χ0) is 13.6. The van der Waals surface area contributed by atoms with Crippen molar-refractivity contribution in [1.29, 1.82) is 0 Å². The molecule has 1 aromatic carbocycles. The second-order valence-corrected chi connectivity index (χ2v) is 3.87. The molecule has 0 aliphatic rings. The number of aromatic nitrogens is 3. The highest BCUT2D eigenvalue weighted by molar-refractivity contribution is 5.76. The smallest absolute Gasteiger partial charge is 0.207 e. The molecule has 2 heterocycles. The number of fused-ring (bicyclic) bond motifs is 1. The number of anilines is 1. The highest BCUT2D eigenvalue weighted by Crippen LogP contribution is 2.24. The molecule has 0 aliphatic heterocycles. The molecule has 0 bridgehead atoms. The van der Waals surface area contributed by atoms with E-state index in [4.69, 9.17) is 5.73 Å². The van der Waals surface area contributed by atoms with Gasteiger partial charge in [0, 0.05) is 18.3 Å². The summed E-state index contributed by atoms with van der Waals surface area (Å²) in [4.78, 5) is 7.99. The highest BCUT2D eigenvalue weighted by Gasteiger charge is 2.17. The zero-order valence-electron chi connectivity index (χ0n) is 9.44. The molecule has 2 N–H and O–H groups in total. The number of rotatable bonds is 1. The molecular weight excluding hydrogens is 257 g/mol. The molecule has 0 atom stereocenters. The molecule has 4 nitrogen and oxygen atoms in total. The van der Waals surface area contributed by atoms with Crippen LogP contribution in [0.1, 0.15) is 0 Å². The molecular formula is C12H7F3N4. The Morgan fingerprint density at radius 3 is 2.58 bits per heavy atom. The first-order valence-corrected chi connectivity index (χ1v) is 5.32. The lowest BCUT2D eigenvalue weighted by atomic mass is 10.2. The van der Waals surface area contributed by atoms with Crippen molar-refractivity contribution in [3.05, 3.63) is 47.9 Å². The van der Waals surface area contributed by atoms with Crippen molar-refractivity contribution >= 4 is 17.1 Å². The van der Waals surface area contributed by atoms with Crippen LogP contribution in [0.3, 0.4) is 0 Å². The molecule has 0 aliphatic carbocycles. The number of imidazole rings is 1. The summed E-state index contributed by atoms with van der Waals surface area (Å²) in [6.07, 6.45) is 1.47. The van der Waals surface area contributed by atoms with Gasteiger partial charge in [0.15, 0.2) is 17.3 Å². The third kappa shape index (κ3) is 1.70. The average Bonchev–Trinajstić information content (AvgIpc) is 2.70. The van der Waals surface area contributed by atoms with Crippen LogP contribution in [0, 0.1) is 17.5 Å². The van der Waals surface area contributed by atoms with Gasteiger partial charge in [-0.1, -0.05) is 0 Å². The normalized spacial score (nSPS) is 11.1. The first kappa shape index (κ1) is 11.5. The molecule has 0 saturated heterocycles. The summed E-state index contributed by atoms with van der Waals surface area (Å²) in [6, 6.07) is 4.45. The van der Waals surface area contributed by atoms with Crippen LogP contribution in [0.2, 0.25) is 0 Å². The Labute approximate surface area is 105 Å². The highest BCUT2D eigenvalue weighted by atomic mass is 19.2. The van der Waals surface area contributed by atoms with Crippen LogP contribution >= 0.6 is 0 Å². The molecule has 0 amide bonds. The van der Waals surface area contributed by atoms with Crippen LogP contribution in [0.5, 0.6) is 0 Å². The molecule has 7 heteroatoms. The van der Waals surface area contributed by atoms with E-state index >= 15 is 0 Å². The fraction of sp³-hybridized carbons (Fsp3) is 0. The third-order valence-corrected chi connectivity index (χ3v) is 2.67. The maximum atomic E-state index is 13.8. The minimum atomic E-state index is -1.27. The van der Waals surface area contributed by atoms with E-state index in [0.717, 1.165) is 10.6 Å². The van der Waals surface area contributed by atoms with Gasteiger partial charge in [0.1, 0.15) is 11.3 Å². The summed E-state index contributed by atoms with van der Waals surface area (Å²) in [7, 11) is 0. The molecule has 3 rings (SSSR count). The number of pyridine rings is 1. The maximum absolute atomic E-state index is 13.8. The minimum absolute atomic E-state index is 0.0568. The molecule has 0 radical (unpaired) electrons. The maximum Gasteiger partial charge on any atom is 0.207 e. The van der Waals surface area contributed by atoms with Gasteiger partial charge in [0.2, 0.25) is 5.95 Å². The predicted molar refractivity (Wildman–Crippen MR) is 63.2 cm³/mol. The van der Waals surface area contributed by atoms with Crippen molar-refractivity contribution in [3.8, 4) is 5.69 Å². The lowest BCUT2D eigenvalue weighted by Gasteiger charge is -2.07. The number of nitrogen functional groups attached to an aromatic ring is 1. The number of nitrogens with zero attached hydrogens (tertiary/aromatic N) is 3. The largest absolute Gasteiger partial charge is 0.369 e. The summed E-state index contributed by atoms with van der Waals surface area (Å²) in [6.45, 7) is 0. The quantitative estimate of drug-likeness (QED) is 0.687. The van der Waals surface area contributed by atoms with Gasteiger partial charge in [0.25, 0.3) is 0 Å². The van der Waals surface area contributed by atoms with E-state index in [9.17, 15) is 13.2 Å². The van der Waals surface area contributed by atoms with E-state index in [2.05, 4.69) is 9.97 Å². The van der Waals surface area contributed by atoms with Crippen LogP contribution in [0.25, 0.3) is 16.9 Å². The van der Waals surface area contributed by atoms with E-state index < -0.39 is 17.5 Å². The number of hydrogen-bond acceptors (Lipinski definition) is 3. The first-order valence-electron chi connectivity index (χ1n) is 5.32. The van der Waals surface area contributed by atoms with Gasteiger partial charge < -0.3 is 5.73 Å². The van der Waals surface area contributed by atoms with Crippen LogP contribution < -0.4 is 5.73 Å². The SMILES string of the molecule is Nc1nc2cccnc2n1-c1cc(F)c(F)cc1F. The molecule has 0 spiro atoms. The van der Waals surface area contributed by atoms with Crippen molar-refractivity contribution in [2.24, 2.45) is 0 Å². The van der Waals surface area contributed by atoms with Crippen LogP contribution in [0.15, 0.2) is 30.5 Å². The minimum Gasteiger partial charge on any atom is -0.369 e. The second-order valence-electron chi connectivity index (χ2n) is 3.87. The van der Waals surface area contributed by atoms with Gasteiger partial charge in [-0.25, -0.2) is 23.1 Å². The standard InChI is InChI=1S/C12H7F3N4/c13-6-4-8(15)10(5-7(6)14)19-11-9(18-12(19)16)2-1-3-17-11/h1-5H,(H2,16,18). The number of hydrogen-bond donors (Lipinski definition) is 1. The molecule has 3 aromatic rings. The average molecular weight is 264 g/mol. The summed E-state index contributed by atoms with van der Waals surface area (Å²) in [5.74, 6) is -3.44. The summed E-state index contributed by atoms with van der Waals surface area (Å²) in [5.41, 5.74) is 6.14. The molecule has 96 valence electrons. The van der Waals surface area contributed by atoms with E-state index in [-0.39, 0.29) is 17.3 Å². The second kappa shape index (κ2) is 3.98. The molecule has 0 unspecified atom stereocenters. The molecule has 19 heavy (non-hydrogen) atoms. The number of nitrogens with two attached hydrogens (primary N) is 1. The Morgan fingerprint density at radius 1 is 1.05 bits per heavy atom. The van der Waals surface area contributed by atoms with Gasteiger partial charge in [0.05, 0.1) is 5.69 Å². The van der Waals surface area contributed by atoms with Gasteiger partial charge >= 0.3 is 0 Å². The van der Waals surface area contributed by atoms with Crippen LogP contribution in [0.4, 0.5) is 19.1 Å². The number of halogens is 3. The summed E-state index contributed by atoms with van der Waals surface area (Å²) in [5, 5.41) is 0. The van der Waals surface area contributed by atoms with Gasteiger partial charge in [-0.2, -0.15) is 0 Å². The van der Waals surface area contributed by atoms with Crippen molar-refractivity contribution in [2.45, 2.75) is 0 Å². The Kier molecular flexibility index (Phi) is 2.41. The Bertz CT molecular complexity index is 782. The van der Waals surface area contributed by atoms with Gasteiger partial charge in [-0.15, -0.1) is 0 Å². The first-order chi connectivity index (χ1) is 9.08. The molecule has 2 aromatic heterocycles. The lowest BCUT2D eigenvalue weighted by Crippen LogP contribution is -2.05. The van der Waals surface area contributed by atoms with E-state index in [0.29, 0.717) is 11.6 Å².